The van der Waals surface area contributed by atoms with Gasteiger partial charge >= 0.3 is 0 Å². The number of rotatable bonds is 4. The quantitative estimate of drug-likeness (QED) is 0.726. The third-order valence-corrected chi connectivity index (χ3v) is 2.74. The summed E-state index contributed by atoms with van der Waals surface area (Å²) in [7, 11) is 0. The Morgan fingerprint density at radius 3 is 3.00 bits per heavy atom. The Hall–Kier alpha value is -1.32. The van der Waals surface area contributed by atoms with Crippen molar-refractivity contribution in [3.05, 3.63) is 12.7 Å². The van der Waals surface area contributed by atoms with Gasteiger partial charge in [0.05, 0.1) is 0 Å². The van der Waals surface area contributed by atoms with Crippen molar-refractivity contribution >= 4 is 11.8 Å². The van der Waals surface area contributed by atoms with Crippen molar-refractivity contribution in [3.63, 3.8) is 0 Å². The molecule has 0 aromatic rings. The summed E-state index contributed by atoms with van der Waals surface area (Å²) in [5.41, 5.74) is 0. The van der Waals surface area contributed by atoms with Crippen LogP contribution in [0.3, 0.4) is 0 Å². The van der Waals surface area contributed by atoms with Crippen LogP contribution in [0.1, 0.15) is 32.6 Å². The molecule has 1 aliphatic heterocycles. The lowest BCUT2D eigenvalue weighted by molar-refractivity contribution is -0.131. The molecule has 0 radical (unpaired) electrons. The van der Waals surface area contributed by atoms with Crippen LogP contribution in [-0.2, 0) is 9.59 Å². The van der Waals surface area contributed by atoms with Crippen LogP contribution >= 0.6 is 0 Å². The Morgan fingerprint density at radius 2 is 2.31 bits per heavy atom. The van der Waals surface area contributed by atoms with Crippen LogP contribution in [0.4, 0.5) is 0 Å². The van der Waals surface area contributed by atoms with Gasteiger partial charge in [0.1, 0.15) is 0 Å². The number of nitrogens with one attached hydrogen (secondary N) is 1. The van der Waals surface area contributed by atoms with E-state index in [2.05, 4.69) is 11.9 Å². The van der Waals surface area contributed by atoms with Gasteiger partial charge in [-0.25, -0.2) is 0 Å². The van der Waals surface area contributed by atoms with E-state index in [1.54, 1.807) is 0 Å². The molecule has 0 aromatic carbocycles. The molecular weight excluding hydrogens is 204 g/mol. The molecule has 4 nitrogen and oxygen atoms in total. The highest BCUT2D eigenvalue weighted by Crippen LogP contribution is 2.11. The fraction of sp³-hybridized carbons (Fsp3) is 0.667. The molecule has 16 heavy (non-hydrogen) atoms. The lowest BCUT2D eigenvalue weighted by Crippen LogP contribution is -2.43. The molecule has 0 saturated carbocycles. The number of amides is 2. The second-order valence-corrected chi connectivity index (χ2v) is 4.26. The molecule has 90 valence electrons. The fourth-order valence-electron chi connectivity index (χ4n) is 1.91. The minimum absolute atomic E-state index is 0.0208. The van der Waals surface area contributed by atoms with Crippen LogP contribution in [0.2, 0.25) is 0 Å². The highest BCUT2D eigenvalue weighted by molar-refractivity contribution is 5.87. The van der Waals surface area contributed by atoms with Gasteiger partial charge < -0.3 is 10.2 Å². The van der Waals surface area contributed by atoms with Crippen LogP contribution in [-0.4, -0.2) is 35.8 Å². The molecule has 1 unspecified atom stereocenters. The Labute approximate surface area is 96.7 Å². The van der Waals surface area contributed by atoms with Crippen LogP contribution in [0.15, 0.2) is 12.7 Å². The zero-order chi connectivity index (χ0) is 12.0. The Balaban J connectivity index is 2.41. The average molecular weight is 224 g/mol. The van der Waals surface area contributed by atoms with Crippen molar-refractivity contribution in [3.8, 4) is 0 Å². The molecular formula is C12H20N2O2. The number of carbonyl (C=O) groups excluding carboxylic acids is 2. The molecule has 1 aliphatic rings. The van der Waals surface area contributed by atoms with Gasteiger partial charge in [-0.3, -0.25) is 9.59 Å². The first-order chi connectivity index (χ1) is 7.63. The highest BCUT2D eigenvalue weighted by Gasteiger charge is 2.18. The third-order valence-electron chi connectivity index (χ3n) is 2.74. The summed E-state index contributed by atoms with van der Waals surface area (Å²) >= 11 is 0. The number of hydrogen-bond donors (Lipinski definition) is 1. The van der Waals surface area contributed by atoms with E-state index in [0.29, 0.717) is 13.0 Å². The first-order valence-electron chi connectivity index (χ1n) is 5.84. The molecule has 2 amide bonds. The summed E-state index contributed by atoms with van der Waals surface area (Å²) in [5.74, 6) is 0.0203. The smallest absolute Gasteiger partial charge is 0.243 e. The summed E-state index contributed by atoms with van der Waals surface area (Å²) in [6, 6.07) is -0.0208. The first-order valence-corrected chi connectivity index (χ1v) is 5.84. The highest BCUT2D eigenvalue weighted by atomic mass is 16.2. The molecule has 1 N–H and O–H groups in total. The van der Waals surface area contributed by atoms with Crippen LogP contribution in [0.25, 0.3) is 0 Å². The van der Waals surface area contributed by atoms with Gasteiger partial charge in [-0.15, -0.1) is 0 Å². The van der Waals surface area contributed by atoms with Crippen molar-refractivity contribution < 1.29 is 9.59 Å². The van der Waals surface area contributed by atoms with Crippen LogP contribution in [0.5, 0.6) is 0 Å². The third kappa shape index (κ3) is 4.04. The Morgan fingerprint density at radius 1 is 1.56 bits per heavy atom. The number of hydrogen-bond acceptors (Lipinski definition) is 2. The number of nitrogens with zero attached hydrogens (tertiary/aromatic N) is 1. The van der Waals surface area contributed by atoms with Gasteiger partial charge in [-0.2, -0.15) is 0 Å². The van der Waals surface area contributed by atoms with E-state index in [-0.39, 0.29) is 17.9 Å². The zero-order valence-corrected chi connectivity index (χ0v) is 9.87. The van der Waals surface area contributed by atoms with E-state index in [9.17, 15) is 9.59 Å². The second kappa shape index (κ2) is 6.30. The van der Waals surface area contributed by atoms with Gasteiger partial charge in [0, 0.05) is 25.6 Å². The van der Waals surface area contributed by atoms with Crippen LogP contribution in [0, 0.1) is 0 Å². The molecule has 0 spiro atoms. The molecule has 0 aromatic heterocycles. The van der Waals surface area contributed by atoms with Gasteiger partial charge in [-0.05, 0) is 25.8 Å². The van der Waals surface area contributed by atoms with E-state index in [0.717, 1.165) is 25.8 Å². The minimum atomic E-state index is -0.185. The van der Waals surface area contributed by atoms with Crippen molar-refractivity contribution in [1.82, 2.24) is 10.2 Å². The van der Waals surface area contributed by atoms with Crippen molar-refractivity contribution in [2.24, 2.45) is 0 Å². The SMILES string of the molecule is C=CC(=O)NC(C)CN1CCCCCC1=O. The number of likely N-dealkylation sites (tertiary alicyclic amines) is 1. The standard InChI is InChI=1S/C12H20N2O2/c1-3-11(15)13-10(2)9-14-8-6-4-5-7-12(14)16/h3,10H,1,4-9H2,2H3,(H,13,15). The minimum Gasteiger partial charge on any atom is -0.348 e. The number of carbonyl (C=O) groups is 2. The normalized spacial score (nSPS) is 18.8. The maximum Gasteiger partial charge on any atom is 0.243 e. The summed E-state index contributed by atoms with van der Waals surface area (Å²) in [6.45, 7) is 6.71. The van der Waals surface area contributed by atoms with Crippen molar-refractivity contribution in [2.75, 3.05) is 13.1 Å². The molecule has 1 saturated heterocycles. The first kappa shape index (κ1) is 12.7. The summed E-state index contributed by atoms with van der Waals surface area (Å²) < 4.78 is 0. The Bertz CT molecular complexity index is 276. The average Bonchev–Trinajstić information content (AvgIpc) is 2.44. The maximum atomic E-state index is 11.7. The molecule has 0 aliphatic carbocycles. The topological polar surface area (TPSA) is 49.4 Å². The molecule has 1 atom stereocenters. The largest absolute Gasteiger partial charge is 0.348 e. The predicted molar refractivity (Wildman–Crippen MR) is 62.8 cm³/mol. The van der Waals surface area contributed by atoms with Crippen LogP contribution < -0.4 is 5.32 Å². The van der Waals surface area contributed by atoms with Crippen molar-refractivity contribution in [1.29, 1.82) is 0 Å². The van der Waals surface area contributed by atoms with E-state index in [1.807, 2.05) is 11.8 Å². The zero-order valence-electron chi connectivity index (χ0n) is 9.87. The predicted octanol–water partition coefficient (Wildman–Crippen LogP) is 1.08. The monoisotopic (exact) mass is 224 g/mol. The lowest BCUT2D eigenvalue weighted by atomic mass is 10.2. The maximum absolute atomic E-state index is 11.7. The summed E-state index contributed by atoms with van der Waals surface area (Å²) in [6.07, 6.45) is 5.06. The van der Waals surface area contributed by atoms with Gasteiger partial charge in [0.15, 0.2) is 0 Å². The molecule has 4 heteroatoms. The lowest BCUT2D eigenvalue weighted by Gasteiger charge is -2.24. The molecule has 1 heterocycles. The van der Waals surface area contributed by atoms with E-state index >= 15 is 0 Å². The van der Waals surface area contributed by atoms with Gasteiger partial charge in [0.2, 0.25) is 11.8 Å². The molecule has 1 fully saturated rings. The summed E-state index contributed by atoms with van der Waals surface area (Å²) in [5, 5.41) is 2.77. The Kier molecular flexibility index (Phi) is 5.02. The van der Waals surface area contributed by atoms with E-state index in [1.165, 1.54) is 6.08 Å². The summed E-state index contributed by atoms with van der Waals surface area (Å²) in [4.78, 5) is 24.6. The molecule has 0 bridgehead atoms. The second-order valence-electron chi connectivity index (χ2n) is 4.26. The fourth-order valence-corrected chi connectivity index (χ4v) is 1.91. The van der Waals surface area contributed by atoms with E-state index in [4.69, 9.17) is 0 Å². The van der Waals surface area contributed by atoms with Gasteiger partial charge in [0.25, 0.3) is 0 Å². The molecule has 1 rings (SSSR count). The van der Waals surface area contributed by atoms with Gasteiger partial charge in [-0.1, -0.05) is 13.0 Å². The van der Waals surface area contributed by atoms with E-state index < -0.39 is 0 Å². The van der Waals surface area contributed by atoms with Crippen molar-refractivity contribution in [2.45, 2.75) is 38.6 Å².